The third-order valence-corrected chi connectivity index (χ3v) is 3.23. The summed E-state index contributed by atoms with van der Waals surface area (Å²) in [5.41, 5.74) is 8.90. The third-order valence-electron chi connectivity index (χ3n) is 3.23. The van der Waals surface area contributed by atoms with Crippen LogP contribution in [0.3, 0.4) is 0 Å². The van der Waals surface area contributed by atoms with Crippen LogP contribution in [0.4, 0.5) is 0 Å². The predicted octanol–water partition coefficient (Wildman–Crippen LogP) is 1.54. The zero-order chi connectivity index (χ0) is 12.6. The maximum Gasteiger partial charge on any atom is 0.251 e. The summed E-state index contributed by atoms with van der Waals surface area (Å²) in [7, 11) is 1.58. The van der Waals surface area contributed by atoms with Crippen molar-refractivity contribution in [2.24, 2.45) is 5.41 Å². The summed E-state index contributed by atoms with van der Waals surface area (Å²) < 4.78 is 0. The van der Waals surface area contributed by atoms with Gasteiger partial charge in [0.05, 0.1) is 0 Å². The van der Waals surface area contributed by atoms with Crippen molar-refractivity contribution in [1.82, 2.24) is 5.32 Å². The molecule has 4 nitrogen and oxygen atoms in total. The fraction of sp³-hybridized carbons (Fsp3) is 0.308. The third kappa shape index (κ3) is 2.65. The van der Waals surface area contributed by atoms with E-state index in [-0.39, 0.29) is 38.6 Å². The van der Waals surface area contributed by atoms with E-state index in [0.717, 1.165) is 11.1 Å². The van der Waals surface area contributed by atoms with E-state index in [9.17, 15) is 9.59 Å². The van der Waals surface area contributed by atoms with Crippen molar-refractivity contribution in [2.75, 3.05) is 7.05 Å². The van der Waals surface area contributed by atoms with Gasteiger partial charge in [0.2, 0.25) is 0 Å². The monoisotopic (exact) mass is 319 g/mol. The van der Waals surface area contributed by atoms with Gasteiger partial charge in [-0.3, -0.25) is 4.79 Å². The number of hydrogen-bond acceptors (Lipinski definition) is 2. The molecule has 1 aliphatic rings. The maximum absolute atomic E-state index is 11.5. The molecule has 1 atom stereocenters. The topological polar surface area (TPSA) is 70.0 Å². The molecule has 5 heteroatoms. The summed E-state index contributed by atoms with van der Waals surface area (Å²) in [6.45, 7) is 3.84. The molecule has 0 bridgehead atoms. The summed E-state index contributed by atoms with van der Waals surface area (Å²) in [5, 5.41) is 2.56. The minimum Gasteiger partial charge on any atom is -0.670 e. The maximum atomic E-state index is 11.5. The van der Waals surface area contributed by atoms with Gasteiger partial charge < -0.3 is 22.8 Å². The van der Waals surface area contributed by atoms with E-state index in [4.69, 9.17) is 5.73 Å². The first-order chi connectivity index (χ1) is 7.96. The van der Waals surface area contributed by atoms with E-state index in [0.29, 0.717) is 18.4 Å². The molecule has 0 aromatic heterocycles. The first-order valence-corrected chi connectivity index (χ1v) is 5.41. The number of amides is 2. The molecule has 0 saturated heterocycles. The number of carbonyl (C=O) groups is 2. The molecule has 1 aromatic carbocycles. The molecule has 0 heterocycles. The summed E-state index contributed by atoms with van der Waals surface area (Å²) >= 11 is 0. The van der Waals surface area contributed by atoms with E-state index in [1.807, 2.05) is 6.07 Å². The van der Waals surface area contributed by atoms with Crippen LogP contribution in [0, 0.1) is 12.3 Å². The average molecular weight is 319 g/mol. The Morgan fingerprint density at radius 3 is 2.50 bits per heavy atom. The van der Waals surface area contributed by atoms with Crippen molar-refractivity contribution in [3.8, 4) is 0 Å². The van der Waals surface area contributed by atoms with Gasteiger partial charge in [-0.1, -0.05) is 6.07 Å². The van der Waals surface area contributed by atoms with Gasteiger partial charge in [-0.05, 0) is 36.1 Å². The zero-order valence-corrected chi connectivity index (χ0v) is 13.1. The molecular weight excluding hydrogens is 305 g/mol. The van der Waals surface area contributed by atoms with Crippen molar-refractivity contribution in [3.05, 3.63) is 47.5 Å². The molecule has 1 unspecified atom stereocenters. The van der Waals surface area contributed by atoms with Crippen molar-refractivity contribution in [1.29, 1.82) is 0 Å². The Morgan fingerprint density at radius 1 is 1.33 bits per heavy atom. The smallest absolute Gasteiger partial charge is 0.251 e. The molecule has 2 N–H and O–H groups in total. The van der Waals surface area contributed by atoms with Crippen LogP contribution < -0.4 is 5.32 Å². The van der Waals surface area contributed by atoms with E-state index in [1.54, 1.807) is 19.2 Å². The minimum atomic E-state index is -0.871. The number of carbonyl (C=O) groups excluding carboxylic acids is 2. The quantitative estimate of drug-likeness (QED) is 0.840. The Bertz CT molecular complexity index is 502. The van der Waals surface area contributed by atoms with E-state index < -0.39 is 11.3 Å². The molecule has 0 aliphatic heterocycles. The molecule has 2 rings (SSSR count). The van der Waals surface area contributed by atoms with E-state index in [2.05, 4.69) is 12.2 Å². The number of rotatable bonds is 2. The van der Waals surface area contributed by atoms with Crippen LogP contribution in [-0.2, 0) is 50.3 Å². The van der Waals surface area contributed by atoms with Crippen LogP contribution in [0.2, 0.25) is 0 Å². The zero-order valence-electron chi connectivity index (χ0n) is 10.2. The number of hydrogen-bond donors (Lipinski definition) is 1. The van der Waals surface area contributed by atoms with Crippen LogP contribution >= 0.6 is 0 Å². The van der Waals surface area contributed by atoms with Gasteiger partial charge in [-0.15, -0.1) is 5.41 Å². The number of benzene rings is 1. The molecule has 0 fully saturated rings. The molecule has 1 aromatic rings. The second-order valence-electron chi connectivity index (χ2n) is 4.53. The molecule has 93 valence electrons. The molecule has 1 aliphatic carbocycles. The Morgan fingerprint density at radius 2 is 1.94 bits per heavy atom. The Balaban J connectivity index is 0.00000162. The Kier molecular flexibility index (Phi) is 4.68. The van der Waals surface area contributed by atoms with Gasteiger partial charge in [0, 0.05) is 51.2 Å². The second-order valence-corrected chi connectivity index (χ2v) is 4.53. The average Bonchev–Trinajstić information content (AvgIpc) is 2.64. The first-order valence-electron chi connectivity index (χ1n) is 5.41. The van der Waals surface area contributed by atoms with Crippen LogP contribution in [0.1, 0.15) is 21.5 Å². The van der Waals surface area contributed by atoms with Crippen molar-refractivity contribution >= 4 is 11.8 Å². The predicted molar refractivity (Wildman–Crippen MR) is 64.4 cm³/mol. The molecule has 18 heavy (non-hydrogen) atoms. The van der Waals surface area contributed by atoms with Crippen LogP contribution in [0.25, 0.3) is 5.73 Å². The largest absolute Gasteiger partial charge is 0.670 e. The summed E-state index contributed by atoms with van der Waals surface area (Å²) in [4.78, 5) is 22.7. The standard InChI is InChI=1S/C13H15N2O2.Y/c1-13(12(14)17)6-9-4-3-8(11(16)15-2)5-10(9)7-13;/h3-5H,1,6-7H2,2H3,(H3,14,15,16,17);/q-1;/p-1. The molecular formula is C13H14N2O2Y-2. The van der Waals surface area contributed by atoms with Gasteiger partial charge in [-0.2, -0.15) is 0 Å². The molecule has 0 saturated carbocycles. The SMILES string of the molecule is [CH2-]C1(C([NH-])=O)Cc2ccc(C(=O)NC)cc2C1.[Y]. The van der Waals surface area contributed by atoms with Crippen LogP contribution in [0.15, 0.2) is 18.2 Å². The second kappa shape index (κ2) is 5.49. The summed E-state index contributed by atoms with van der Waals surface area (Å²) in [6.07, 6.45) is 0.925. The van der Waals surface area contributed by atoms with Gasteiger partial charge in [-0.25, -0.2) is 0 Å². The van der Waals surface area contributed by atoms with Gasteiger partial charge in [0.15, 0.2) is 0 Å². The number of fused-ring (bicyclic) bond motifs is 1. The van der Waals surface area contributed by atoms with Gasteiger partial charge in [0.25, 0.3) is 5.91 Å². The fourth-order valence-electron chi connectivity index (χ4n) is 2.20. The summed E-state index contributed by atoms with van der Waals surface area (Å²) in [6, 6.07) is 5.36. The number of nitrogens with one attached hydrogen (secondary N) is 2. The summed E-state index contributed by atoms with van der Waals surface area (Å²) in [5.74, 6) is -0.790. The van der Waals surface area contributed by atoms with Gasteiger partial charge >= 0.3 is 0 Å². The van der Waals surface area contributed by atoms with E-state index in [1.165, 1.54) is 0 Å². The fourth-order valence-corrected chi connectivity index (χ4v) is 2.20. The molecule has 1 radical (unpaired) electrons. The first kappa shape index (κ1) is 15.3. The molecule has 0 spiro atoms. The van der Waals surface area contributed by atoms with Gasteiger partial charge in [0.1, 0.15) is 0 Å². The van der Waals surface area contributed by atoms with Crippen LogP contribution in [-0.4, -0.2) is 18.9 Å². The Hall–Kier alpha value is -0.736. The molecule has 2 amide bonds. The minimum absolute atomic E-state index is 0. The van der Waals surface area contributed by atoms with Crippen LogP contribution in [0.5, 0.6) is 0 Å². The van der Waals surface area contributed by atoms with Crippen molar-refractivity contribution in [3.63, 3.8) is 0 Å². The van der Waals surface area contributed by atoms with Crippen molar-refractivity contribution < 1.29 is 42.3 Å². The van der Waals surface area contributed by atoms with Crippen molar-refractivity contribution in [2.45, 2.75) is 12.8 Å². The normalized spacial score (nSPS) is 20.8. The van der Waals surface area contributed by atoms with E-state index >= 15 is 0 Å². The Labute approximate surface area is 132 Å².